The number of ether oxygens (including phenoxy) is 3. The highest BCUT2D eigenvalue weighted by atomic mass is 32.2. The van der Waals surface area contributed by atoms with Crippen molar-refractivity contribution in [3.05, 3.63) is 76.9 Å². The quantitative estimate of drug-likeness (QED) is 0.368. The fraction of sp³-hybridized carbons (Fsp3) is 0.387. The van der Waals surface area contributed by atoms with Gasteiger partial charge in [-0.05, 0) is 65.9 Å². The van der Waals surface area contributed by atoms with Gasteiger partial charge in [0.25, 0.3) is 0 Å². The number of fused-ring (bicyclic) bond motifs is 1. The summed E-state index contributed by atoms with van der Waals surface area (Å²) in [5, 5.41) is 0. The van der Waals surface area contributed by atoms with Crippen LogP contribution in [-0.4, -0.2) is 64.8 Å². The maximum Gasteiger partial charge on any atom is 0.306 e. The van der Waals surface area contributed by atoms with Gasteiger partial charge in [-0.25, -0.2) is 8.42 Å². The Morgan fingerprint density at radius 3 is 2.40 bits per heavy atom. The first-order valence-corrected chi connectivity index (χ1v) is 15.3. The molecule has 9 heteroatoms. The third-order valence-electron chi connectivity index (χ3n) is 7.72. The predicted molar refractivity (Wildman–Crippen MR) is 156 cm³/mol. The summed E-state index contributed by atoms with van der Waals surface area (Å²) in [7, 11) is -1.75. The number of piperazine rings is 1. The SMILES string of the molecule is COC(=O)CC1COc2cc(OCc3cccc(-c4c(C)cc(N5CCN(S(C)(=O)=O)CC5)cc4C)c3)ccc21. The summed E-state index contributed by atoms with van der Waals surface area (Å²) in [4.78, 5) is 13.9. The third-order valence-corrected chi connectivity index (χ3v) is 9.02. The summed E-state index contributed by atoms with van der Waals surface area (Å²) in [5.74, 6) is 1.23. The van der Waals surface area contributed by atoms with Gasteiger partial charge in [0.15, 0.2) is 0 Å². The second-order valence-corrected chi connectivity index (χ2v) is 12.6. The van der Waals surface area contributed by atoms with Crippen LogP contribution in [-0.2, 0) is 26.2 Å². The Kier molecular flexibility index (Phi) is 8.05. The topological polar surface area (TPSA) is 85.4 Å². The summed E-state index contributed by atoms with van der Waals surface area (Å²) >= 11 is 0. The van der Waals surface area contributed by atoms with Crippen LogP contribution < -0.4 is 14.4 Å². The number of benzene rings is 3. The molecule has 3 aromatic carbocycles. The van der Waals surface area contributed by atoms with Crippen molar-refractivity contribution in [1.29, 1.82) is 0 Å². The van der Waals surface area contributed by atoms with E-state index >= 15 is 0 Å². The molecule has 0 spiro atoms. The van der Waals surface area contributed by atoms with E-state index in [1.165, 1.54) is 30.1 Å². The Morgan fingerprint density at radius 1 is 1.00 bits per heavy atom. The number of sulfonamides is 1. The van der Waals surface area contributed by atoms with Gasteiger partial charge >= 0.3 is 5.97 Å². The molecule has 40 heavy (non-hydrogen) atoms. The van der Waals surface area contributed by atoms with Crippen LogP contribution in [0.25, 0.3) is 11.1 Å². The van der Waals surface area contributed by atoms with Crippen molar-refractivity contribution < 1.29 is 27.4 Å². The minimum Gasteiger partial charge on any atom is -0.492 e. The van der Waals surface area contributed by atoms with Crippen LogP contribution in [0.5, 0.6) is 11.5 Å². The zero-order chi connectivity index (χ0) is 28.4. The lowest BCUT2D eigenvalue weighted by molar-refractivity contribution is -0.141. The van der Waals surface area contributed by atoms with Crippen LogP contribution in [0.3, 0.4) is 0 Å². The minimum absolute atomic E-state index is 0.00291. The number of anilines is 1. The van der Waals surface area contributed by atoms with E-state index in [4.69, 9.17) is 14.2 Å². The van der Waals surface area contributed by atoms with Gasteiger partial charge < -0.3 is 19.1 Å². The van der Waals surface area contributed by atoms with Gasteiger partial charge in [0.1, 0.15) is 18.1 Å². The van der Waals surface area contributed by atoms with Crippen molar-refractivity contribution in [1.82, 2.24) is 4.31 Å². The van der Waals surface area contributed by atoms with Crippen molar-refractivity contribution in [3.63, 3.8) is 0 Å². The monoisotopic (exact) mass is 564 g/mol. The highest BCUT2D eigenvalue weighted by molar-refractivity contribution is 7.88. The fourth-order valence-corrected chi connectivity index (χ4v) is 6.47. The molecule has 8 nitrogen and oxygen atoms in total. The normalized spacial score (nSPS) is 17.3. The molecule has 0 N–H and O–H groups in total. The first-order valence-electron chi connectivity index (χ1n) is 13.5. The summed E-state index contributed by atoms with van der Waals surface area (Å²) in [6.07, 6.45) is 1.57. The van der Waals surface area contributed by atoms with E-state index in [1.807, 2.05) is 18.2 Å². The third kappa shape index (κ3) is 6.10. The number of nitrogens with zero attached hydrogens (tertiary/aromatic N) is 2. The highest BCUT2D eigenvalue weighted by Gasteiger charge is 2.27. The average molecular weight is 565 g/mol. The van der Waals surface area contributed by atoms with Crippen LogP contribution in [0.2, 0.25) is 0 Å². The molecule has 0 bridgehead atoms. The van der Waals surface area contributed by atoms with Crippen molar-refractivity contribution in [3.8, 4) is 22.6 Å². The molecule has 0 aromatic heterocycles. The summed E-state index contributed by atoms with van der Waals surface area (Å²) in [6.45, 7) is 7.49. The zero-order valence-corrected chi connectivity index (χ0v) is 24.3. The lowest BCUT2D eigenvalue weighted by Crippen LogP contribution is -2.48. The van der Waals surface area contributed by atoms with Crippen molar-refractivity contribution in [2.45, 2.75) is 32.8 Å². The van der Waals surface area contributed by atoms with E-state index in [0.717, 1.165) is 33.9 Å². The number of hydrogen-bond donors (Lipinski definition) is 0. The van der Waals surface area contributed by atoms with E-state index in [0.29, 0.717) is 45.8 Å². The number of carbonyl (C=O) groups is 1. The van der Waals surface area contributed by atoms with Crippen molar-refractivity contribution >= 4 is 21.7 Å². The fourth-order valence-electron chi connectivity index (χ4n) is 5.64. The summed E-state index contributed by atoms with van der Waals surface area (Å²) in [5.41, 5.74) is 7.87. The molecule has 0 aliphatic carbocycles. The Morgan fingerprint density at radius 2 is 1.73 bits per heavy atom. The van der Waals surface area contributed by atoms with E-state index in [-0.39, 0.29) is 11.9 Å². The zero-order valence-electron chi connectivity index (χ0n) is 23.5. The molecule has 2 aliphatic rings. The van der Waals surface area contributed by atoms with Gasteiger partial charge in [0, 0.05) is 49.4 Å². The largest absolute Gasteiger partial charge is 0.492 e. The van der Waals surface area contributed by atoms with Gasteiger partial charge in [-0.15, -0.1) is 0 Å². The summed E-state index contributed by atoms with van der Waals surface area (Å²) in [6, 6.07) is 18.6. The van der Waals surface area contributed by atoms with Crippen LogP contribution in [0.1, 0.15) is 34.6 Å². The molecule has 0 amide bonds. The van der Waals surface area contributed by atoms with E-state index < -0.39 is 10.0 Å². The molecule has 2 heterocycles. The van der Waals surface area contributed by atoms with E-state index in [9.17, 15) is 13.2 Å². The maximum absolute atomic E-state index is 11.9. The first kappa shape index (κ1) is 28.0. The molecule has 2 aliphatic heterocycles. The van der Waals surface area contributed by atoms with Crippen LogP contribution in [0.15, 0.2) is 54.6 Å². The van der Waals surface area contributed by atoms with Gasteiger partial charge in [-0.3, -0.25) is 4.79 Å². The number of hydrogen-bond acceptors (Lipinski definition) is 7. The molecule has 5 rings (SSSR count). The second kappa shape index (κ2) is 11.5. The van der Waals surface area contributed by atoms with Gasteiger partial charge in [-0.1, -0.05) is 24.3 Å². The standard InChI is InChI=1S/C31H36N2O6S/c1-21-14-26(32-10-12-33(13-11-32)40(4,35)36)15-22(2)31(21)24-7-5-6-23(16-24)19-38-27-8-9-28-25(17-30(34)37-3)20-39-29(28)18-27/h5-9,14-16,18,25H,10-13,17,19-20H2,1-4H3. The molecule has 0 saturated carbocycles. The molecular formula is C31H36N2O6S. The number of aryl methyl sites for hydroxylation is 2. The molecule has 1 saturated heterocycles. The molecule has 0 radical (unpaired) electrons. The van der Waals surface area contributed by atoms with Gasteiger partial charge in [0.2, 0.25) is 10.0 Å². The molecular weight excluding hydrogens is 528 g/mol. The Balaban J connectivity index is 1.26. The first-order chi connectivity index (χ1) is 19.1. The highest BCUT2D eigenvalue weighted by Crippen LogP contribution is 2.39. The van der Waals surface area contributed by atoms with Crippen molar-refractivity contribution in [2.24, 2.45) is 0 Å². The Bertz CT molecular complexity index is 1490. The molecule has 1 atom stereocenters. The minimum atomic E-state index is -3.15. The lowest BCUT2D eigenvalue weighted by Gasteiger charge is -2.35. The number of methoxy groups -OCH3 is 1. The van der Waals surface area contributed by atoms with Crippen LogP contribution >= 0.6 is 0 Å². The van der Waals surface area contributed by atoms with Crippen LogP contribution in [0, 0.1) is 13.8 Å². The maximum atomic E-state index is 11.9. The van der Waals surface area contributed by atoms with E-state index in [2.05, 4.69) is 55.1 Å². The van der Waals surface area contributed by atoms with Crippen molar-refractivity contribution in [2.75, 3.05) is 51.1 Å². The number of carbonyl (C=O) groups excluding carboxylic acids is 1. The van der Waals surface area contributed by atoms with Gasteiger partial charge in [-0.2, -0.15) is 4.31 Å². The lowest BCUT2D eigenvalue weighted by atomic mass is 9.93. The predicted octanol–water partition coefficient (Wildman–Crippen LogP) is 4.67. The van der Waals surface area contributed by atoms with E-state index in [1.54, 1.807) is 4.31 Å². The average Bonchev–Trinajstić information content (AvgIpc) is 3.33. The number of rotatable bonds is 8. The van der Waals surface area contributed by atoms with Crippen LogP contribution in [0.4, 0.5) is 5.69 Å². The Hall–Kier alpha value is -3.56. The molecule has 1 fully saturated rings. The smallest absolute Gasteiger partial charge is 0.306 e. The molecule has 3 aromatic rings. The second-order valence-electron chi connectivity index (χ2n) is 10.6. The van der Waals surface area contributed by atoms with Gasteiger partial charge in [0.05, 0.1) is 26.4 Å². The number of esters is 1. The molecule has 212 valence electrons. The Labute approximate surface area is 236 Å². The summed E-state index contributed by atoms with van der Waals surface area (Å²) < 4.78 is 42.0. The molecule has 1 unspecified atom stereocenters.